The van der Waals surface area contributed by atoms with Gasteiger partial charge in [-0.2, -0.15) is 0 Å². The molecule has 1 aliphatic rings. The van der Waals surface area contributed by atoms with Gasteiger partial charge in [0.05, 0.1) is 0 Å². The van der Waals surface area contributed by atoms with Crippen LogP contribution in [0.25, 0.3) is 0 Å². The maximum Gasteiger partial charge on any atom is 0.00951 e. The van der Waals surface area contributed by atoms with E-state index in [0.717, 1.165) is 18.5 Å². The molecule has 0 radical (unpaired) electrons. The Morgan fingerprint density at radius 3 is 2.38 bits per heavy atom. The van der Waals surface area contributed by atoms with E-state index in [2.05, 4.69) is 19.2 Å². The zero-order chi connectivity index (χ0) is 9.52. The van der Waals surface area contributed by atoms with Gasteiger partial charge in [0.2, 0.25) is 0 Å². The van der Waals surface area contributed by atoms with E-state index >= 15 is 0 Å². The molecule has 1 atom stereocenters. The van der Waals surface area contributed by atoms with Gasteiger partial charge in [-0.3, -0.25) is 0 Å². The quantitative estimate of drug-likeness (QED) is 0.689. The number of rotatable bonds is 5. The molecule has 1 rings (SSSR count). The standard InChI is InChI=1S/C12H25N/c1-3-8-12(13-4-2)11-9-6-5-7-10-11/h11-13H,3-10H2,1-2H3/t12-/m0/s1. The van der Waals surface area contributed by atoms with Gasteiger partial charge in [-0.05, 0) is 31.7 Å². The van der Waals surface area contributed by atoms with Gasteiger partial charge in [0, 0.05) is 6.04 Å². The third-order valence-corrected chi connectivity index (χ3v) is 3.28. The number of nitrogens with one attached hydrogen (secondary N) is 1. The Morgan fingerprint density at radius 1 is 1.15 bits per heavy atom. The summed E-state index contributed by atoms with van der Waals surface area (Å²) in [6.45, 7) is 5.67. The highest BCUT2D eigenvalue weighted by Gasteiger charge is 2.21. The number of hydrogen-bond acceptors (Lipinski definition) is 1. The highest BCUT2D eigenvalue weighted by atomic mass is 14.9. The van der Waals surface area contributed by atoms with Gasteiger partial charge >= 0.3 is 0 Å². The van der Waals surface area contributed by atoms with Gasteiger partial charge in [0.1, 0.15) is 0 Å². The van der Waals surface area contributed by atoms with Crippen molar-refractivity contribution in [1.29, 1.82) is 0 Å². The van der Waals surface area contributed by atoms with E-state index in [1.165, 1.54) is 44.9 Å². The van der Waals surface area contributed by atoms with E-state index in [-0.39, 0.29) is 0 Å². The minimum Gasteiger partial charge on any atom is -0.314 e. The van der Waals surface area contributed by atoms with Crippen LogP contribution in [0.4, 0.5) is 0 Å². The molecule has 1 fully saturated rings. The largest absolute Gasteiger partial charge is 0.314 e. The summed E-state index contributed by atoms with van der Waals surface area (Å²) in [5, 5.41) is 3.65. The fourth-order valence-corrected chi connectivity index (χ4v) is 2.61. The average molecular weight is 183 g/mol. The molecular weight excluding hydrogens is 158 g/mol. The van der Waals surface area contributed by atoms with Crippen LogP contribution in [0.3, 0.4) is 0 Å². The molecule has 1 nitrogen and oxygen atoms in total. The van der Waals surface area contributed by atoms with E-state index in [9.17, 15) is 0 Å². The fraction of sp³-hybridized carbons (Fsp3) is 1.00. The van der Waals surface area contributed by atoms with Crippen molar-refractivity contribution in [2.75, 3.05) is 6.54 Å². The van der Waals surface area contributed by atoms with E-state index in [1.807, 2.05) is 0 Å². The highest BCUT2D eigenvalue weighted by Crippen LogP contribution is 2.28. The fourth-order valence-electron chi connectivity index (χ4n) is 2.61. The zero-order valence-corrected chi connectivity index (χ0v) is 9.31. The summed E-state index contributed by atoms with van der Waals surface area (Å²) in [5.74, 6) is 0.980. The molecule has 0 aromatic rings. The summed E-state index contributed by atoms with van der Waals surface area (Å²) in [6, 6.07) is 0.815. The van der Waals surface area contributed by atoms with Gasteiger partial charge in [-0.1, -0.05) is 39.5 Å². The van der Waals surface area contributed by atoms with Crippen LogP contribution in [0.5, 0.6) is 0 Å². The summed E-state index contributed by atoms with van der Waals surface area (Å²) in [6.07, 6.45) is 10.1. The Labute approximate surface area is 83.3 Å². The van der Waals surface area contributed by atoms with Crippen LogP contribution in [0.2, 0.25) is 0 Å². The second-order valence-corrected chi connectivity index (χ2v) is 4.35. The van der Waals surface area contributed by atoms with Crippen LogP contribution in [-0.2, 0) is 0 Å². The van der Waals surface area contributed by atoms with Crippen LogP contribution in [0, 0.1) is 5.92 Å². The Bertz CT molecular complexity index is 110. The molecule has 0 heterocycles. The van der Waals surface area contributed by atoms with Gasteiger partial charge in [-0.25, -0.2) is 0 Å². The molecule has 0 saturated heterocycles. The van der Waals surface area contributed by atoms with Gasteiger partial charge in [0.25, 0.3) is 0 Å². The van der Waals surface area contributed by atoms with Gasteiger partial charge < -0.3 is 5.32 Å². The highest BCUT2D eigenvalue weighted by molar-refractivity contribution is 4.78. The molecule has 0 aliphatic heterocycles. The first-order valence-electron chi connectivity index (χ1n) is 6.11. The van der Waals surface area contributed by atoms with E-state index in [4.69, 9.17) is 0 Å². The maximum absolute atomic E-state index is 3.65. The summed E-state index contributed by atoms with van der Waals surface area (Å²) in [4.78, 5) is 0. The summed E-state index contributed by atoms with van der Waals surface area (Å²) >= 11 is 0. The molecule has 0 aromatic carbocycles. The van der Waals surface area contributed by atoms with Crippen LogP contribution < -0.4 is 5.32 Å². The lowest BCUT2D eigenvalue weighted by molar-refractivity contribution is 0.259. The second-order valence-electron chi connectivity index (χ2n) is 4.35. The molecular formula is C12H25N. The monoisotopic (exact) mass is 183 g/mol. The molecule has 0 bridgehead atoms. The lowest BCUT2D eigenvalue weighted by Crippen LogP contribution is -2.37. The van der Waals surface area contributed by atoms with Crippen LogP contribution >= 0.6 is 0 Å². The molecule has 78 valence electrons. The van der Waals surface area contributed by atoms with Crippen molar-refractivity contribution in [3.8, 4) is 0 Å². The van der Waals surface area contributed by atoms with Crippen molar-refractivity contribution in [3.05, 3.63) is 0 Å². The van der Waals surface area contributed by atoms with E-state index in [0.29, 0.717) is 0 Å². The first-order chi connectivity index (χ1) is 6.38. The molecule has 0 unspecified atom stereocenters. The van der Waals surface area contributed by atoms with Crippen molar-refractivity contribution in [2.45, 2.75) is 64.8 Å². The molecule has 1 aliphatic carbocycles. The molecule has 1 heteroatoms. The Hall–Kier alpha value is -0.0400. The Balaban J connectivity index is 2.32. The third kappa shape index (κ3) is 3.68. The van der Waals surface area contributed by atoms with E-state index in [1.54, 1.807) is 0 Å². The average Bonchev–Trinajstić information content (AvgIpc) is 2.19. The zero-order valence-electron chi connectivity index (χ0n) is 9.31. The SMILES string of the molecule is CCC[C@H](NCC)C1CCCCC1. The Morgan fingerprint density at radius 2 is 1.85 bits per heavy atom. The minimum atomic E-state index is 0.815. The maximum atomic E-state index is 3.65. The predicted octanol–water partition coefficient (Wildman–Crippen LogP) is 3.34. The van der Waals surface area contributed by atoms with E-state index < -0.39 is 0 Å². The second kappa shape index (κ2) is 6.42. The summed E-state index contributed by atoms with van der Waals surface area (Å²) in [7, 11) is 0. The predicted molar refractivity (Wildman–Crippen MR) is 58.9 cm³/mol. The Kier molecular flexibility index (Phi) is 5.45. The first kappa shape index (κ1) is 11.0. The molecule has 1 saturated carbocycles. The lowest BCUT2D eigenvalue weighted by Gasteiger charge is -2.30. The first-order valence-corrected chi connectivity index (χ1v) is 6.11. The van der Waals surface area contributed by atoms with Crippen LogP contribution in [-0.4, -0.2) is 12.6 Å². The summed E-state index contributed by atoms with van der Waals surface area (Å²) < 4.78 is 0. The smallest absolute Gasteiger partial charge is 0.00951 e. The minimum absolute atomic E-state index is 0.815. The van der Waals surface area contributed by atoms with Crippen molar-refractivity contribution in [3.63, 3.8) is 0 Å². The molecule has 0 aromatic heterocycles. The lowest BCUT2D eigenvalue weighted by atomic mass is 9.82. The van der Waals surface area contributed by atoms with Crippen LogP contribution in [0.15, 0.2) is 0 Å². The van der Waals surface area contributed by atoms with Crippen molar-refractivity contribution in [2.24, 2.45) is 5.92 Å². The molecule has 0 amide bonds. The molecule has 1 N–H and O–H groups in total. The van der Waals surface area contributed by atoms with Crippen molar-refractivity contribution in [1.82, 2.24) is 5.32 Å². The van der Waals surface area contributed by atoms with Gasteiger partial charge in [-0.15, -0.1) is 0 Å². The summed E-state index contributed by atoms with van der Waals surface area (Å²) in [5.41, 5.74) is 0. The van der Waals surface area contributed by atoms with Crippen molar-refractivity contribution >= 4 is 0 Å². The van der Waals surface area contributed by atoms with Gasteiger partial charge in [0.15, 0.2) is 0 Å². The molecule has 0 spiro atoms. The topological polar surface area (TPSA) is 12.0 Å². The van der Waals surface area contributed by atoms with Crippen LogP contribution in [0.1, 0.15) is 58.8 Å². The molecule has 13 heavy (non-hydrogen) atoms. The number of hydrogen-bond donors (Lipinski definition) is 1. The van der Waals surface area contributed by atoms with Crippen molar-refractivity contribution < 1.29 is 0 Å². The normalized spacial score (nSPS) is 21.7. The third-order valence-electron chi connectivity index (χ3n) is 3.28.